The normalized spacial score (nSPS) is 13.4. The zero-order valence-corrected chi connectivity index (χ0v) is 11.4. The van der Waals surface area contributed by atoms with Gasteiger partial charge in [0.2, 0.25) is 0 Å². The molecule has 98 valence electrons. The van der Waals surface area contributed by atoms with Crippen molar-refractivity contribution in [3.8, 4) is 0 Å². The lowest BCUT2D eigenvalue weighted by Gasteiger charge is -2.12. The van der Waals surface area contributed by atoms with Crippen LogP contribution in [0.15, 0.2) is 18.3 Å². The lowest BCUT2D eigenvalue weighted by atomic mass is 10.1. The average Bonchev–Trinajstić information content (AvgIpc) is 2.66. The number of aromatic nitrogens is 3. The molecule has 0 amide bonds. The predicted molar refractivity (Wildman–Crippen MR) is 74.5 cm³/mol. The van der Waals surface area contributed by atoms with Gasteiger partial charge in [-0.1, -0.05) is 0 Å². The van der Waals surface area contributed by atoms with E-state index in [-0.39, 0.29) is 6.04 Å². The lowest BCUT2D eigenvalue weighted by Crippen LogP contribution is -2.15. The minimum Gasteiger partial charge on any atom is -0.328 e. The molecule has 4 nitrogen and oxygen atoms in total. The van der Waals surface area contributed by atoms with Crippen molar-refractivity contribution in [1.82, 2.24) is 14.5 Å². The molecule has 0 aliphatic heterocycles. The Kier molecular flexibility index (Phi) is 3.97. The van der Waals surface area contributed by atoms with Crippen molar-refractivity contribution in [1.29, 1.82) is 0 Å². The quantitative estimate of drug-likeness (QED) is 0.882. The van der Waals surface area contributed by atoms with Crippen LogP contribution in [0.2, 0.25) is 0 Å². The molecule has 0 aliphatic rings. The van der Waals surface area contributed by atoms with Gasteiger partial charge >= 0.3 is 0 Å². The van der Waals surface area contributed by atoms with Crippen LogP contribution in [0.1, 0.15) is 45.5 Å². The van der Waals surface area contributed by atoms with Crippen LogP contribution >= 0.6 is 0 Å². The Labute approximate surface area is 108 Å². The summed E-state index contributed by atoms with van der Waals surface area (Å²) in [4.78, 5) is 9.13. The fraction of sp³-hybridized carbons (Fsp3) is 0.571. The highest BCUT2D eigenvalue weighted by atomic mass is 15.1. The standard InChI is InChI=1S/C14H22N4/c1-10(2)18-13(8-4-6-11(3)15)17-12-7-5-9-16-14(12)18/h5,7,9-11H,4,6,8,15H2,1-3H3. The van der Waals surface area contributed by atoms with E-state index < -0.39 is 0 Å². The Morgan fingerprint density at radius 1 is 1.33 bits per heavy atom. The highest BCUT2D eigenvalue weighted by Gasteiger charge is 2.13. The van der Waals surface area contributed by atoms with Crippen LogP contribution in [0.5, 0.6) is 0 Å². The molecule has 1 unspecified atom stereocenters. The van der Waals surface area contributed by atoms with E-state index in [1.54, 1.807) is 0 Å². The molecule has 0 bridgehead atoms. The van der Waals surface area contributed by atoms with E-state index in [4.69, 9.17) is 10.7 Å². The fourth-order valence-corrected chi connectivity index (χ4v) is 2.28. The molecule has 2 rings (SSSR count). The molecular weight excluding hydrogens is 224 g/mol. The lowest BCUT2D eigenvalue weighted by molar-refractivity contribution is 0.553. The Bertz CT molecular complexity index is 513. The van der Waals surface area contributed by atoms with Crippen molar-refractivity contribution in [2.24, 2.45) is 5.73 Å². The van der Waals surface area contributed by atoms with Gasteiger partial charge in [-0.05, 0) is 45.7 Å². The van der Waals surface area contributed by atoms with Crippen molar-refractivity contribution in [3.63, 3.8) is 0 Å². The summed E-state index contributed by atoms with van der Waals surface area (Å²) < 4.78 is 2.23. The number of hydrogen-bond acceptors (Lipinski definition) is 3. The van der Waals surface area contributed by atoms with Crippen molar-refractivity contribution in [3.05, 3.63) is 24.2 Å². The van der Waals surface area contributed by atoms with Crippen LogP contribution in [0, 0.1) is 0 Å². The second-order valence-electron chi connectivity index (χ2n) is 5.21. The number of pyridine rings is 1. The first-order valence-corrected chi connectivity index (χ1v) is 6.67. The molecular formula is C14H22N4. The third kappa shape index (κ3) is 2.70. The molecule has 0 saturated heterocycles. The van der Waals surface area contributed by atoms with Crippen LogP contribution in [0.4, 0.5) is 0 Å². The molecule has 1 atom stereocenters. The van der Waals surface area contributed by atoms with E-state index in [0.29, 0.717) is 6.04 Å². The second-order valence-corrected chi connectivity index (χ2v) is 5.21. The molecule has 4 heteroatoms. The molecule has 0 aromatic carbocycles. The first-order valence-electron chi connectivity index (χ1n) is 6.67. The topological polar surface area (TPSA) is 56.7 Å². The molecule has 2 heterocycles. The summed E-state index contributed by atoms with van der Waals surface area (Å²) in [6.45, 7) is 6.39. The first kappa shape index (κ1) is 13.0. The van der Waals surface area contributed by atoms with Crippen LogP contribution in [0.25, 0.3) is 11.2 Å². The van der Waals surface area contributed by atoms with Gasteiger partial charge in [0.05, 0.1) is 0 Å². The van der Waals surface area contributed by atoms with Gasteiger partial charge < -0.3 is 10.3 Å². The van der Waals surface area contributed by atoms with Gasteiger partial charge in [0, 0.05) is 24.7 Å². The van der Waals surface area contributed by atoms with E-state index >= 15 is 0 Å². The van der Waals surface area contributed by atoms with Crippen LogP contribution in [0.3, 0.4) is 0 Å². The van der Waals surface area contributed by atoms with E-state index in [9.17, 15) is 0 Å². The zero-order chi connectivity index (χ0) is 13.1. The molecule has 2 N–H and O–H groups in total. The van der Waals surface area contributed by atoms with Gasteiger partial charge in [0.25, 0.3) is 0 Å². The number of fused-ring (bicyclic) bond motifs is 1. The highest BCUT2D eigenvalue weighted by molar-refractivity contribution is 5.71. The summed E-state index contributed by atoms with van der Waals surface area (Å²) in [6, 6.07) is 4.61. The number of nitrogens with zero attached hydrogens (tertiary/aromatic N) is 3. The molecule has 2 aromatic rings. The van der Waals surface area contributed by atoms with Gasteiger partial charge in [0.1, 0.15) is 11.3 Å². The van der Waals surface area contributed by atoms with Gasteiger partial charge in [0.15, 0.2) is 5.65 Å². The Balaban J connectivity index is 2.28. The third-order valence-electron chi connectivity index (χ3n) is 3.10. The van der Waals surface area contributed by atoms with Crippen molar-refractivity contribution in [2.45, 2.75) is 52.1 Å². The predicted octanol–water partition coefficient (Wildman–Crippen LogP) is 2.68. The Morgan fingerprint density at radius 3 is 2.78 bits per heavy atom. The van der Waals surface area contributed by atoms with Gasteiger partial charge in [-0.15, -0.1) is 0 Å². The monoisotopic (exact) mass is 246 g/mol. The van der Waals surface area contributed by atoms with Gasteiger partial charge in [-0.25, -0.2) is 9.97 Å². The second kappa shape index (κ2) is 5.48. The largest absolute Gasteiger partial charge is 0.328 e. The Hall–Kier alpha value is -1.42. The zero-order valence-electron chi connectivity index (χ0n) is 11.4. The molecule has 18 heavy (non-hydrogen) atoms. The maximum atomic E-state index is 5.79. The maximum Gasteiger partial charge on any atom is 0.160 e. The third-order valence-corrected chi connectivity index (χ3v) is 3.10. The first-order chi connectivity index (χ1) is 8.59. The smallest absolute Gasteiger partial charge is 0.160 e. The van der Waals surface area contributed by atoms with E-state index in [2.05, 4.69) is 23.4 Å². The average molecular weight is 246 g/mol. The van der Waals surface area contributed by atoms with E-state index in [1.165, 1.54) is 0 Å². The van der Waals surface area contributed by atoms with E-state index in [1.807, 2.05) is 25.3 Å². The molecule has 0 fully saturated rings. The maximum absolute atomic E-state index is 5.79. The van der Waals surface area contributed by atoms with Crippen LogP contribution in [-0.2, 0) is 6.42 Å². The number of aryl methyl sites for hydroxylation is 1. The van der Waals surface area contributed by atoms with E-state index in [0.717, 1.165) is 36.3 Å². The summed E-state index contributed by atoms with van der Waals surface area (Å²) in [5.74, 6) is 1.12. The number of nitrogens with two attached hydrogens (primary N) is 1. The minimum absolute atomic E-state index is 0.264. The SMILES string of the molecule is CC(N)CCCc1nc2cccnc2n1C(C)C. The molecule has 0 radical (unpaired) electrons. The number of rotatable bonds is 5. The number of imidazole rings is 1. The van der Waals surface area contributed by atoms with Crippen LogP contribution in [-0.4, -0.2) is 20.6 Å². The van der Waals surface area contributed by atoms with Crippen molar-refractivity contribution >= 4 is 11.2 Å². The fourth-order valence-electron chi connectivity index (χ4n) is 2.28. The van der Waals surface area contributed by atoms with Crippen LogP contribution < -0.4 is 5.73 Å². The summed E-state index contributed by atoms with van der Waals surface area (Å²) in [6.07, 6.45) is 4.91. The summed E-state index contributed by atoms with van der Waals surface area (Å²) in [5.41, 5.74) is 7.77. The highest BCUT2D eigenvalue weighted by Crippen LogP contribution is 2.20. The molecule has 0 saturated carbocycles. The van der Waals surface area contributed by atoms with Crippen molar-refractivity contribution < 1.29 is 0 Å². The summed E-state index contributed by atoms with van der Waals surface area (Å²) in [7, 11) is 0. The molecule has 0 aliphatic carbocycles. The summed E-state index contributed by atoms with van der Waals surface area (Å²) >= 11 is 0. The van der Waals surface area contributed by atoms with Gasteiger partial charge in [-0.2, -0.15) is 0 Å². The molecule has 2 aromatic heterocycles. The summed E-state index contributed by atoms with van der Waals surface area (Å²) in [5, 5.41) is 0. The number of hydrogen-bond donors (Lipinski definition) is 1. The Morgan fingerprint density at radius 2 is 2.11 bits per heavy atom. The van der Waals surface area contributed by atoms with Crippen molar-refractivity contribution in [2.75, 3.05) is 0 Å². The molecule has 0 spiro atoms. The minimum atomic E-state index is 0.264. The van der Waals surface area contributed by atoms with Gasteiger partial charge in [-0.3, -0.25) is 0 Å².